The highest BCUT2D eigenvalue weighted by molar-refractivity contribution is 7.91. The number of carbonyl (C=O) groups is 1. The number of sulfonamides is 1. The summed E-state index contributed by atoms with van der Waals surface area (Å²) in [6, 6.07) is 0.488. The molecule has 2 rings (SSSR count). The Labute approximate surface area is 183 Å². The average Bonchev–Trinajstić information content (AvgIpc) is 2.69. The number of carboxylic acid groups (broad SMARTS) is 1. The fourth-order valence-corrected chi connectivity index (χ4v) is 5.71. The zero-order valence-corrected chi connectivity index (χ0v) is 18.8. The maximum absolute atomic E-state index is 13.3. The quantitative estimate of drug-likeness (QED) is 0.552. The minimum atomic E-state index is -4.98. The minimum absolute atomic E-state index is 0.250. The first-order chi connectivity index (χ1) is 14.6. The van der Waals surface area contributed by atoms with Crippen LogP contribution < -0.4 is 0 Å². The normalized spacial score (nSPS) is 21.6. The van der Waals surface area contributed by atoms with E-state index in [-0.39, 0.29) is 6.42 Å². The molecule has 1 saturated carbocycles. The summed E-state index contributed by atoms with van der Waals surface area (Å²) >= 11 is 0. The monoisotopic (exact) mass is 497 g/mol. The van der Waals surface area contributed by atoms with Gasteiger partial charge in [0.2, 0.25) is 10.0 Å². The highest BCUT2D eigenvalue weighted by Gasteiger charge is 2.39. The molecule has 0 spiro atoms. The lowest BCUT2D eigenvalue weighted by Crippen LogP contribution is -2.47. The van der Waals surface area contributed by atoms with Crippen molar-refractivity contribution in [3.63, 3.8) is 0 Å². The molecule has 0 aromatic heterocycles. The Hall–Kier alpha value is -2.32. The third-order valence-electron chi connectivity index (χ3n) is 5.11. The van der Waals surface area contributed by atoms with E-state index in [1.54, 1.807) is 0 Å². The topological polar surface area (TPSA) is 145 Å². The first kappa shape index (κ1) is 25.9. The number of nitrogens with one attached hydrogen (secondary N) is 1. The van der Waals surface area contributed by atoms with Crippen molar-refractivity contribution in [2.75, 3.05) is 19.8 Å². The summed E-state index contributed by atoms with van der Waals surface area (Å²) in [7, 11) is -7.64. The summed E-state index contributed by atoms with van der Waals surface area (Å²) in [4.78, 5) is 13.1. The molecule has 0 heterocycles. The van der Waals surface area contributed by atoms with Gasteiger partial charge in [-0.3, -0.25) is 9.79 Å². The second-order valence-corrected chi connectivity index (χ2v) is 11.4. The molecule has 2 atom stereocenters. The van der Waals surface area contributed by atoms with E-state index in [9.17, 15) is 34.8 Å². The van der Waals surface area contributed by atoms with Gasteiger partial charge < -0.3 is 10.5 Å². The Morgan fingerprint density at radius 3 is 2.34 bits per heavy atom. The highest BCUT2D eigenvalue weighted by atomic mass is 32.2. The number of hydrogen-bond donors (Lipinski definition) is 2. The number of rotatable bonds is 7. The smallest absolute Gasteiger partial charge is 0.416 e. The zero-order valence-electron chi connectivity index (χ0n) is 17.1. The molecule has 1 fully saturated rings. The van der Waals surface area contributed by atoms with Crippen molar-refractivity contribution < 1.29 is 39.9 Å². The number of carboxylic acids is 1. The second-order valence-electron chi connectivity index (χ2n) is 7.34. The molecule has 14 heteroatoms. The largest absolute Gasteiger partial charge is 0.480 e. The number of aliphatic carboxylic acids is 1. The van der Waals surface area contributed by atoms with Crippen LogP contribution in [0.15, 0.2) is 33.0 Å². The van der Waals surface area contributed by atoms with Crippen molar-refractivity contribution >= 4 is 37.8 Å². The van der Waals surface area contributed by atoms with Crippen LogP contribution in [0.3, 0.4) is 0 Å². The molecule has 9 nitrogen and oxygen atoms in total. The predicted octanol–water partition coefficient (Wildman–Crippen LogP) is 2.07. The third-order valence-corrected chi connectivity index (χ3v) is 8.06. The molecule has 1 aromatic rings. The fourth-order valence-electron chi connectivity index (χ4n) is 3.47. The van der Waals surface area contributed by atoms with Crippen LogP contribution >= 0.6 is 0 Å². The third kappa shape index (κ3) is 5.72. The summed E-state index contributed by atoms with van der Waals surface area (Å²) in [5.74, 6) is -2.08. The van der Waals surface area contributed by atoms with Gasteiger partial charge in [-0.2, -0.15) is 17.5 Å². The van der Waals surface area contributed by atoms with Crippen molar-refractivity contribution in [3.05, 3.63) is 23.8 Å². The van der Waals surface area contributed by atoms with Gasteiger partial charge in [-0.05, 0) is 37.5 Å². The van der Waals surface area contributed by atoms with E-state index in [0.717, 1.165) is 17.6 Å². The van der Waals surface area contributed by atoms with Gasteiger partial charge in [0.05, 0.1) is 15.4 Å². The standard InChI is InChI=1S/C18H22F3N3O6S2/c1-24(16-5-3-4-15(14(16)9-22)23-10-17(25)26)32(29,30)13-7-11(18(19,20)21)6-12(8-13)31(2,27)28/h6-9,14,16,22H,3-5,10H2,1-2H3,(H,25,26). The molecule has 0 saturated heterocycles. The van der Waals surface area contributed by atoms with E-state index in [1.165, 1.54) is 0 Å². The molecule has 0 radical (unpaired) electrons. The number of benzene rings is 1. The lowest BCUT2D eigenvalue weighted by molar-refractivity contribution is -0.138. The molecule has 2 unspecified atom stereocenters. The summed E-state index contributed by atoms with van der Waals surface area (Å²) in [5, 5.41) is 16.5. The molecule has 1 aliphatic carbocycles. The number of sulfone groups is 1. The van der Waals surface area contributed by atoms with Gasteiger partial charge in [0.15, 0.2) is 9.84 Å². The number of halogens is 3. The first-order valence-electron chi connectivity index (χ1n) is 9.25. The van der Waals surface area contributed by atoms with Crippen LogP contribution in [-0.2, 0) is 30.8 Å². The molecular weight excluding hydrogens is 475 g/mol. The van der Waals surface area contributed by atoms with Crippen LogP contribution in [0.5, 0.6) is 0 Å². The van der Waals surface area contributed by atoms with E-state index < -0.39 is 65.9 Å². The van der Waals surface area contributed by atoms with Crippen LogP contribution in [0, 0.1) is 11.3 Å². The lowest BCUT2D eigenvalue weighted by Gasteiger charge is -2.36. The van der Waals surface area contributed by atoms with Gasteiger partial charge in [0.1, 0.15) is 6.54 Å². The van der Waals surface area contributed by atoms with Gasteiger partial charge in [0.25, 0.3) is 0 Å². The molecule has 1 aliphatic rings. The van der Waals surface area contributed by atoms with E-state index in [1.807, 2.05) is 0 Å². The van der Waals surface area contributed by atoms with E-state index in [0.29, 0.717) is 43.0 Å². The van der Waals surface area contributed by atoms with Gasteiger partial charge in [-0.25, -0.2) is 16.8 Å². The number of nitrogens with zero attached hydrogens (tertiary/aromatic N) is 2. The van der Waals surface area contributed by atoms with Crippen LogP contribution in [0.2, 0.25) is 0 Å². The second kappa shape index (κ2) is 9.27. The minimum Gasteiger partial charge on any atom is -0.480 e. The Balaban J connectivity index is 2.56. The van der Waals surface area contributed by atoms with E-state index in [4.69, 9.17) is 10.5 Å². The van der Waals surface area contributed by atoms with Gasteiger partial charge in [-0.15, -0.1) is 0 Å². The van der Waals surface area contributed by atoms with Gasteiger partial charge in [0, 0.05) is 37.2 Å². The molecule has 2 N–H and O–H groups in total. The lowest BCUT2D eigenvalue weighted by atomic mass is 9.83. The van der Waals surface area contributed by atoms with Crippen molar-refractivity contribution in [3.8, 4) is 0 Å². The predicted molar refractivity (Wildman–Crippen MR) is 109 cm³/mol. The Morgan fingerprint density at radius 1 is 1.25 bits per heavy atom. The molecular formula is C18H22F3N3O6S2. The van der Waals surface area contributed by atoms with E-state index in [2.05, 4.69) is 4.99 Å². The Kier molecular flexibility index (Phi) is 7.52. The summed E-state index contributed by atoms with van der Waals surface area (Å²) in [6.45, 7) is -0.561. The van der Waals surface area contributed by atoms with Crippen molar-refractivity contribution in [2.45, 2.75) is 41.3 Å². The van der Waals surface area contributed by atoms with Crippen LogP contribution in [0.25, 0.3) is 0 Å². The summed E-state index contributed by atoms with van der Waals surface area (Å²) in [6.07, 6.45) is -2.38. The Bertz CT molecular complexity index is 1150. The molecule has 178 valence electrons. The SMILES string of the molecule is CN(C1CCCC(=NCC(=O)O)C1C=N)S(=O)(=O)c1cc(C(F)(F)F)cc(S(C)(=O)=O)c1. The maximum atomic E-state index is 13.3. The first-order valence-corrected chi connectivity index (χ1v) is 12.6. The van der Waals surface area contributed by atoms with Crippen LogP contribution in [0.1, 0.15) is 24.8 Å². The van der Waals surface area contributed by atoms with Gasteiger partial charge >= 0.3 is 12.1 Å². The van der Waals surface area contributed by atoms with Crippen molar-refractivity contribution in [1.82, 2.24) is 4.31 Å². The Morgan fingerprint density at radius 2 is 1.84 bits per heavy atom. The van der Waals surface area contributed by atoms with Gasteiger partial charge in [-0.1, -0.05) is 0 Å². The van der Waals surface area contributed by atoms with Crippen molar-refractivity contribution in [2.24, 2.45) is 10.9 Å². The van der Waals surface area contributed by atoms with Crippen molar-refractivity contribution in [1.29, 1.82) is 5.41 Å². The summed E-state index contributed by atoms with van der Waals surface area (Å²) in [5.41, 5.74) is -1.12. The maximum Gasteiger partial charge on any atom is 0.416 e. The fraction of sp³-hybridized carbons (Fsp3) is 0.500. The van der Waals surface area contributed by atoms with Crippen LogP contribution in [-0.4, -0.2) is 70.0 Å². The number of aliphatic imine (C=N–C) groups is 1. The molecule has 0 bridgehead atoms. The molecule has 0 amide bonds. The number of alkyl halides is 3. The van der Waals surface area contributed by atoms with Crippen LogP contribution in [0.4, 0.5) is 13.2 Å². The molecule has 32 heavy (non-hydrogen) atoms. The molecule has 1 aromatic carbocycles. The zero-order chi connectivity index (χ0) is 24.5. The highest BCUT2D eigenvalue weighted by Crippen LogP contribution is 2.35. The number of hydrogen-bond acceptors (Lipinski definition) is 7. The average molecular weight is 498 g/mol. The van der Waals surface area contributed by atoms with E-state index >= 15 is 0 Å². The molecule has 0 aliphatic heterocycles. The summed E-state index contributed by atoms with van der Waals surface area (Å²) < 4.78 is 90.8.